The van der Waals surface area contributed by atoms with Crippen molar-refractivity contribution in [1.29, 1.82) is 0 Å². The third-order valence-corrected chi connectivity index (χ3v) is 5.69. The van der Waals surface area contributed by atoms with Crippen molar-refractivity contribution in [2.45, 2.75) is 26.2 Å². The van der Waals surface area contributed by atoms with Crippen LogP contribution in [0.5, 0.6) is 11.5 Å². The van der Waals surface area contributed by atoms with Crippen molar-refractivity contribution < 1.29 is 9.47 Å². The molecule has 3 aromatic rings. The SMILES string of the molecule is COc1ccc(C2=CC(C)(c3ccc(OC)cc3)c3c(C)[nH]c(C)c32)cc1. The predicted octanol–water partition coefficient (Wildman–Crippen LogP) is 5.40. The van der Waals surface area contributed by atoms with E-state index in [1.165, 1.54) is 39.2 Å². The summed E-state index contributed by atoms with van der Waals surface area (Å²) >= 11 is 0. The number of fused-ring (bicyclic) bond motifs is 1. The van der Waals surface area contributed by atoms with E-state index >= 15 is 0 Å². The molecule has 1 aromatic heterocycles. The van der Waals surface area contributed by atoms with Crippen molar-refractivity contribution in [1.82, 2.24) is 4.98 Å². The topological polar surface area (TPSA) is 34.2 Å². The van der Waals surface area contributed by atoms with Gasteiger partial charge in [-0.3, -0.25) is 0 Å². The van der Waals surface area contributed by atoms with Crippen LogP contribution in [0.15, 0.2) is 54.6 Å². The van der Waals surface area contributed by atoms with Gasteiger partial charge in [-0.1, -0.05) is 30.3 Å². The number of allylic oxidation sites excluding steroid dienone is 1. The Balaban J connectivity index is 1.90. The van der Waals surface area contributed by atoms with Crippen molar-refractivity contribution in [2.75, 3.05) is 14.2 Å². The van der Waals surface area contributed by atoms with Crippen molar-refractivity contribution in [3.8, 4) is 11.5 Å². The molecule has 0 saturated carbocycles. The number of H-pyrrole nitrogens is 1. The molecule has 0 bridgehead atoms. The van der Waals surface area contributed by atoms with Crippen LogP contribution in [-0.4, -0.2) is 19.2 Å². The molecule has 27 heavy (non-hydrogen) atoms. The highest BCUT2D eigenvalue weighted by molar-refractivity contribution is 5.90. The van der Waals surface area contributed by atoms with Crippen LogP contribution in [0.3, 0.4) is 0 Å². The summed E-state index contributed by atoms with van der Waals surface area (Å²) in [5, 5.41) is 0. The van der Waals surface area contributed by atoms with Crippen LogP contribution < -0.4 is 9.47 Å². The maximum atomic E-state index is 5.34. The minimum Gasteiger partial charge on any atom is -0.497 e. The maximum absolute atomic E-state index is 5.34. The third-order valence-electron chi connectivity index (χ3n) is 5.69. The van der Waals surface area contributed by atoms with Gasteiger partial charge in [0.25, 0.3) is 0 Å². The lowest BCUT2D eigenvalue weighted by molar-refractivity contribution is 0.414. The summed E-state index contributed by atoms with van der Waals surface area (Å²) in [6.45, 7) is 6.62. The minimum absolute atomic E-state index is 0.189. The molecule has 1 heterocycles. The standard InChI is InChI=1S/C24H25NO2/c1-15-22-21(17-6-10-19(26-4)11-7-17)14-24(3,23(22)16(2)25-15)18-8-12-20(27-5)13-9-18/h6-14,25H,1-5H3. The van der Waals surface area contributed by atoms with E-state index in [1.54, 1.807) is 14.2 Å². The third kappa shape index (κ3) is 2.66. The molecule has 1 unspecified atom stereocenters. The molecular formula is C24H25NO2. The van der Waals surface area contributed by atoms with E-state index in [-0.39, 0.29) is 5.41 Å². The fourth-order valence-corrected chi connectivity index (χ4v) is 4.36. The van der Waals surface area contributed by atoms with Crippen molar-refractivity contribution in [2.24, 2.45) is 0 Å². The highest BCUT2D eigenvalue weighted by atomic mass is 16.5. The van der Waals surface area contributed by atoms with E-state index in [2.05, 4.69) is 56.1 Å². The van der Waals surface area contributed by atoms with Crippen LogP contribution in [0.4, 0.5) is 0 Å². The molecule has 2 aromatic carbocycles. The summed E-state index contributed by atoms with van der Waals surface area (Å²) in [6.07, 6.45) is 2.40. The number of hydrogen-bond donors (Lipinski definition) is 1. The molecule has 0 spiro atoms. The zero-order valence-corrected chi connectivity index (χ0v) is 16.5. The molecule has 1 aliphatic carbocycles. The van der Waals surface area contributed by atoms with Gasteiger partial charge in [-0.2, -0.15) is 0 Å². The van der Waals surface area contributed by atoms with Crippen molar-refractivity contribution >= 4 is 5.57 Å². The van der Waals surface area contributed by atoms with Gasteiger partial charge in [-0.15, -0.1) is 0 Å². The molecule has 0 saturated heterocycles. The van der Waals surface area contributed by atoms with Gasteiger partial charge < -0.3 is 14.5 Å². The summed E-state index contributed by atoms with van der Waals surface area (Å²) in [5.41, 5.74) is 8.65. The number of ether oxygens (including phenoxy) is 2. The zero-order valence-electron chi connectivity index (χ0n) is 16.5. The lowest BCUT2D eigenvalue weighted by Crippen LogP contribution is -2.19. The van der Waals surface area contributed by atoms with Gasteiger partial charge in [0.2, 0.25) is 0 Å². The number of aromatic nitrogens is 1. The molecular weight excluding hydrogens is 334 g/mol. The highest BCUT2D eigenvalue weighted by Crippen LogP contribution is 2.50. The van der Waals surface area contributed by atoms with Crippen LogP contribution in [0.2, 0.25) is 0 Å². The van der Waals surface area contributed by atoms with Crippen LogP contribution in [0.1, 0.15) is 40.6 Å². The minimum atomic E-state index is -0.189. The highest BCUT2D eigenvalue weighted by Gasteiger charge is 2.39. The first-order valence-corrected chi connectivity index (χ1v) is 9.19. The van der Waals surface area contributed by atoms with Gasteiger partial charge in [0.05, 0.1) is 14.2 Å². The monoisotopic (exact) mass is 359 g/mol. The van der Waals surface area contributed by atoms with Crippen LogP contribution >= 0.6 is 0 Å². The molecule has 3 nitrogen and oxygen atoms in total. The second-order valence-corrected chi connectivity index (χ2v) is 7.34. The van der Waals surface area contributed by atoms with Gasteiger partial charge in [-0.25, -0.2) is 0 Å². The molecule has 3 heteroatoms. The molecule has 4 rings (SSSR count). The fourth-order valence-electron chi connectivity index (χ4n) is 4.36. The predicted molar refractivity (Wildman–Crippen MR) is 110 cm³/mol. The normalized spacial score (nSPS) is 18.2. The lowest BCUT2D eigenvalue weighted by atomic mass is 9.78. The molecule has 0 fully saturated rings. The van der Waals surface area contributed by atoms with E-state index < -0.39 is 0 Å². The average Bonchev–Trinajstić information content (AvgIpc) is 3.18. The van der Waals surface area contributed by atoms with Crippen LogP contribution in [-0.2, 0) is 5.41 Å². The molecule has 0 radical (unpaired) electrons. The largest absolute Gasteiger partial charge is 0.497 e. The Morgan fingerprint density at radius 3 is 1.89 bits per heavy atom. The summed E-state index contributed by atoms with van der Waals surface area (Å²) < 4.78 is 10.7. The molecule has 1 atom stereocenters. The Labute approximate surface area is 160 Å². The Kier molecular flexibility index (Phi) is 4.11. The van der Waals surface area contributed by atoms with E-state index in [0.717, 1.165) is 11.5 Å². The maximum Gasteiger partial charge on any atom is 0.118 e. The second kappa shape index (κ2) is 6.34. The zero-order chi connectivity index (χ0) is 19.2. The van der Waals surface area contributed by atoms with Gasteiger partial charge in [0.15, 0.2) is 0 Å². The molecule has 0 amide bonds. The number of aromatic amines is 1. The Morgan fingerprint density at radius 2 is 1.33 bits per heavy atom. The number of nitrogens with one attached hydrogen (secondary N) is 1. The first kappa shape index (κ1) is 17.5. The van der Waals surface area contributed by atoms with Crippen LogP contribution in [0, 0.1) is 13.8 Å². The van der Waals surface area contributed by atoms with E-state index in [0.29, 0.717) is 0 Å². The quantitative estimate of drug-likeness (QED) is 0.677. The van der Waals surface area contributed by atoms with Crippen molar-refractivity contribution in [3.05, 3.63) is 88.2 Å². The molecule has 138 valence electrons. The smallest absolute Gasteiger partial charge is 0.118 e. The molecule has 0 aliphatic heterocycles. The number of methoxy groups -OCH3 is 2. The number of benzene rings is 2. The number of aryl methyl sites for hydroxylation is 2. The number of rotatable bonds is 4. The van der Waals surface area contributed by atoms with Crippen LogP contribution in [0.25, 0.3) is 5.57 Å². The van der Waals surface area contributed by atoms with E-state index in [1.807, 2.05) is 24.3 Å². The summed E-state index contributed by atoms with van der Waals surface area (Å²) in [6, 6.07) is 16.7. The Hall–Kier alpha value is -2.94. The van der Waals surface area contributed by atoms with E-state index in [4.69, 9.17) is 9.47 Å². The first-order chi connectivity index (χ1) is 13.0. The average molecular weight is 359 g/mol. The summed E-state index contributed by atoms with van der Waals surface area (Å²) in [7, 11) is 3.40. The fraction of sp³-hybridized carbons (Fsp3) is 0.250. The molecule has 1 N–H and O–H groups in total. The van der Waals surface area contributed by atoms with Gasteiger partial charge in [0, 0.05) is 22.4 Å². The first-order valence-electron chi connectivity index (χ1n) is 9.19. The summed E-state index contributed by atoms with van der Waals surface area (Å²) in [4.78, 5) is 3.56. The molecule has 1 aliphatic rings. The lowest BCUT2D eigenvalue weighted by Gasteiger charge is -2.25. The summed E-state index contributed by atoms with van der Waals surface area (Å²) in [5.74, 6) is 1.75. The second-order valence-electron chi connectivity index (χ2n) is 7.34. The van der Waals surface area contributed by atoms with Crippen molar-refractivity contribution in [3.63, 3.8) is 0 Å². The Morgan fingerprint density at radius 1 is 0.778 bits per heavy atom. The van der Waals surface area contributed by atoms with Gasteiger partial charge >= 0.3 is 0 Å². The Bertz CT molecular complexity index is 1010. The van der Waals surface area contributed by atoms with E-state index in [9.17, 15) is 0 Å². The number of hydrogen-bond acceptors (Lipinski definition) is 2. The van der Waals surface area contributed by atoms with Gasteiger partial charge in [-0.05, 0) is 67.3 Å². The van der Waals surface area contributed by atoms with Gasteiger partial charge in [0.1, 0.15) is 11.5 Å².